The molecule has 0 bridgehead atoms. The van der Waals surface area contributed by atoms with Crippen molar-refractivity contribution in [3.63, 3.8) is 0 Å². The van der Waals surface area contributed by atoms with Crippen molar-refractivity contribution in [2.45, 2.75) is 12.6 Å². The lowest BCUT2D eigenvalue weighted by molar-refractivity contribution is -0.143. The van der Waals surface area contributed by atoms with Crippen LogP contribution in [0, 0.1) is 0 Å². The number of esters is 1. The van der Waals surface area contributed by atoms with Crippen LogP contribution in [0.5, 0.6) is 0 Å². The number of rotatable bonds is 5. The van der Waals surface area contributed by atoms with E-state index in [1.54, 1.807) is 11.7 Å². The predicted molar refractivity (Wildman–Crippen MR) is 76.7 cm³/mol. The first-order valence-electron chi connectivity index (χ1n) is 6.01. The highest BCUT2D eigenvalue weighted by Crippen LogP contribution is 2.19. The van der Waals surface area contributed by atoms with Crippen molar-refractivity contribution in [3.8, 4) is 0 Å². The zero-order valence-corrected chi connectivity index (χ0v) is 12.8. The zero-order chi connectivity index (χ0) is 14.5. The molecule has 0 saturated carbocycles. The Kier molecular flexibility index (Phi) is 4.86. The lowest BCUT2D eigenvalue weighted by atomic mass is 10.1. The molecule has 20 heavy (non-hydrogen) atoms. The molecule has 0 radical (unpaired) electrons. The van der Waals surface area contributed by atoms with Gasteiger partial charge in [0.1, 0.15) is 18.2 Å². The quantitative estimate of drug-likeness (QED) is 0.838. The van der Waals surface area contributed by atoms with E-state index in [9.17, 15) is 4.79 Å². The van der Waals surface area contributed by atoms with Crippen LogP contribution in [0.4, 0.5) is 0 Å². The summed E-state index contributed by atoms with van der Waals surface area (Å²) in [6.45, 7) is 0.419. The van der Waals surface area contributed by atoms with Crippen molar-refractivity contribution in [1.29, 1.82) is 0 Å². The molecule has 0 spiro atoms. The minimum atomic E-state index is -0.547. The molecular formula is C13H15BrN4O2. The van der Waals surface area contributed by atoms with Crippen molar-refractivity contribution in [1.82, 2.24) is 20.1 Å². The first kappa shape index (κ1) is 14.7. The molecule has 0 aliphatic carbocycles. The molecule has 1 aromatic heterocycles. The number of halogens is 1. The van der Waals surface area contributed by atoms with E-state index in [2.05, 4.69) is 31.3 Å². The minimum Gasteiger partial charge on any atom is -0.468 e. The van der Waals surface area contributed by atoms with Crippen LogP contribution in [-0.2, 0) is 23.1 Å². The highest BCUT2D eigenvalue weighted by Gasteiger charge is 2.21. The minimum absolute atomic E-state index is 0.342. The normalized spacial score (nSPS) is 12.2. The number of benzene rings is 1. The number of nitrogens with zero attached hydrogens (tertiary/aromatic N) is 3. The topological polar surface area (TPSA) is 69.0 Å². The molecule has 2 aromatic rings. The summed E-state index contributed by atoms with van der Waals surface area (Å²) in [6.07, 6.45) is 1.48. The van der Waals surface area contributed by atoms with Gasteiger partial charge in [0.05, 0.1) is 13.7 Å². The monoisotopic (exact) mass is 338 g/mol. The van der Waals surface area contributed by atoms with Crippen LogP contribution in [0.15, 0.2) is 35.1 Å². The first-order chi connectivity index (χ1) is 9.61. The summed E-state index contributed by atoms with van der Waals surface area (Å²) in [6, 6.07) is 6.98. The molecule has 0 aliphatic heterocycles. The van der Waals surface area contributed by atoms with Crippen LogP contribution >= 0.6 is 15.9 Å². The van der Waals surface area contributed by atoms with Crippen LogP contribution in [0.1, 0.15) is 17.4 Å². The van der Waals surface area contributed by atoms with Gasteiger partial charge in [0, 0.05) is 11.5 Å². The fraction of sp³-hybridized carbons (Fsp3) is 0.308. The third-order valence-corrected chi connectivity index (χ3v) is 3.38. The van der Waals surface area contributed by atoms with Gasteiger partial charge in [-0.15, -0.1) is 0 Å². The van der Waals surface area contributed by atoms with Gasteiger partial charge in [0.25, 0.3) is 0 Å². The smallest absolute Gasteiger partial charge is 0.327 e. The Labute approximate surface area is 125 Å². The SMILES string of the molecule is COC(=O)[C@@H](NCc1ncnn1C)c1cccc(Br)c1. The van der Waals surface area contributed by atoms with Crippen molar-refractivity contribution in [2.24, 2.45) is 7.05 Å². The molecule has 7 heteroatoms. The maximum Gasteiger partial charge on any atom is 0.327 e. The fourth-order valence-corrected chi connectivity index (χ4v) is 2.23. The molecule has 0 unspecified atom stereocenters. The van der Waals surface area contributed by atoms with Crippen molar-refractivity contribution in [3.05, 3.63) is 46.5 Å². The van der Waals surface area contributed by atoms with E-state index in [0.29, 0.717) is 6.54 Å². The number of carbonyl (C=O) groups is 1. The van der Waals surface area contributed by atoms with Gasteiger partial charge in [-0.25, -0.2) is 9.78 Å². The van der Waals surface area contributed by atoms with Gasteiger partial charge >= 0.3 is 5.97 Å². The van der Waals surface area contributed by atoms with Crippen LogP contribution in [-0.4, -0.2) is 27.8 Å². The summed E-state index contributed by atoms with van der Waals surface area (Å²) in [4.78, 5) is 16.0. The van der Waals surface area contributed by atoms with Crippen LogP contribution in [0.3, 0.4) is 0 Å². The molecule has 1 atom stereocenters. The Bertz CT molecular complexity index is 600. The number of nitrogens with one attached hydrogen (secondary N) is 1. The molecule has 106 valence electrons. The molecule has 6 nitrogen and oxygen atoms in total. The van der Waals surface area contributed by atoms with E-state index >= 15 is 0 Å². The second-order valence-electron chi connectivity index (χ2n) is 4.19. The van der Waals surface area contributed by atoms with E-state index < -0.39 is 6.04 Å². The number of hydrogen-bond acceptors (Lipinski definition) is 5. The standard InChI is InChI=1S/C13H15BrN4O2/c1-18-11(16-8-17-18)7-15-12(13(19)20-2)9-4-3-5-10(14)6-9/h3-6,8,12,15H,7H2,1-2H3/t12-/m0/s1. The Hall–Kier alpha value is -1.73. The zero-order valence-electron chi connectivity index (χ0n) is 11.2. The molecule has 1 heterocycles. The largest absolute Gasteiger partial charge is 0.468 e. The Morgan fingerprint density at radius 2 is 2.35 bits per heavy atom. The highest BCUT2D eigenvalue weighted by atomic mass is 79.9. The van der Waals surface area contributed by atoms with Gasteiger partial charge in [0.2, 0.25) is 0 Å². The van der Waals surface area contributed by atoms with Gasteiger partial charge in [-0.05, 0) is 17.7 Å². The van der Waals surface area contributed by atoms with Gasteiger partial charge in [0.15, 0.2) is 0 Å². The first-order valence-corrected chi connectivity index (χ1v) is 6.80. The highest BCUT2D eigenvalue weighted by molar-refractivity contribution is 9.10. The van der Waals surface area contributed by atoms with Gasteiger partial charge in [-0.3, -0.25) is 10.00 Å². The van der Waals surface area contributed by atoms with Gasteiger partial charge in [-0.2, -0.15) is 5.10 Å². The summed E-state index contributed by atoms with van der Waals surface area (Å²) in [5.74, 6) is 0.402. The van der Waals surface area contributed by atoms with E-state index in [1.165, 1.54) is 13.4 Å². The maximum atomic E-state index is 11.9. The molecule has 0 aliphatic rings. The number of carbonyl (C=O) groups excluding carboxylic acids is 1. The van der Waals surface area contributed by atoms with Crippen LogP contribution in [0.25, 0.3) is 0 Å². The summed E-state index contributed by atoms with van der Waals surface area (Å²) >= 11 is 3.40. The molecule has 2 rings (SSSR count). The number of aromatic nitrogens is 3. The van der Waals surface area contributed by atoms with Gasteiger partial charge in [-0.1, -0.05) is 28.1 Å². The Morgan fingerprint density at radius 3 is 2.95 bits per heavy atom. The fourth-order valence-electron chi connectivity index (χ4n) is 1.81. The predicted octanol–water partition coefficient (Wildman–Crippen LogP) is 1.58. The summed E-state index contributed by atoms with van der Waals surface area (Å²) < 4.78 is 7.41. The summed E-state index contributed by atoms with van der Waals surface area (Å²) in [7, 11) is 3.17. The van der Waals surface area contributed by atoms with Crippen LogP contribution < -0.4 is 5.32 Å². The van der Waals surface area contributed by atoms with Crippen molar-refractivity contribution < 1.29 is 9.53 Å². The molecule has 0 fully saturated rings. The third-order valence-electron chi connectivity index (χ3n) is 2.89. The lowest BCUT2D eigenvalue weighted by Gasteiger charge is -2.16. The average Bonchev–Trinajstić information content (AvgIpc) is 2.84. The van der Waals surface area contributed by atoms with Crippen LogP contribution in [0.2, 0.25) is 0 Å². The molecular weight excluding hydrogens is 324 g/mol. The van der Waals surface area contributed by atoms with E-state index in [1.807, 2.05) is 24.3 Å². The third kappa shape index (κ3) is 3.43. The number of methoxy groups -OCH3 is 1. The number of aryl methyl sites for hydroxylation is 1. The summed E-state index contributed by atoms with van der Waals surface area (Å²) in [5, 5.41) is 7.13. The molecule has 0 saturated heterocycles. The van der Waals surface area contributed by atoms with E-state index in [4.69, 9.17) is 4.74 Å². The van der Waals surface area contributed by atoms with E-state index in [-0.39, 0.29) is 5.97 Å². The molecule has 1 N–H and O–H groups in total. The average molecular weight is 339 g/mol. The van der Waals surface area contributed by atoms with E-state index in [0.717, 1.165) is 15.9 Å². The van der Waals surface area contributed by atoms with Gasteiger partial charge < -0.3 is 4.74 Å². The lowest BCUT2D eigenvalue weighted by Crippen LogP contribution is -2.30. The second kappa shape index (κ2) is 6.62. The Balaban J connectivity index is 2.16. The molecule has 1 aromatic carbocycles. The Morgan fingerprint density at radius 1 is 1.55 bits per heavy atom. The summed E-state index contributed by atoms with van der Waals surface area (Å²) in [5.41, 5.74) is 0.827. The van der Waals surface area contributed by atoms with Crippen molar-refractivity contribution >= 4 is 21.9 Å². The van der Waals surface area contributed by atoms with Crippen molar-refractivity contribution in [2.75, 3.05) is 7.11 Å². The number of hydrogen-bond donors (Lipinski definition) is 1. The number of ether oxygens (including phenoxy) is 1. The maximum absolute atomic E-state index is 11.9. The molecule has 0 amide bonds. The second-order valence-corrected chi connectivity index (χ2v) is 5.11.